The summed E-state index contributed by atoms with van der Waals surface area (Å²) in [4.78, 5) is 0. The normalized spacial score (nSPS) is 12.5. The van der Waals surface area contributed by atoms with Gasteiger partial charge in [0.1, 0.15) is 11.6 Å². The molecule has 1 N–H and O–H groups in total. The van der Waals surface area contributed by atoms with E-state index in [1.54, 1.807) is 0 Å². The van der Waals surface area contributed by atoms with Crippen molar-refractivity contribution >= 4 is 12.4 Å². The van der Waals surface area contributed by atoms with E-state index in [0.717, 1.165) is 13.1 Å². The molecular formula is C23H32ClF2NO. The molecule has 0 spiro atoms. The van der Waals surface area contributed by atoms with Gasteiger partial charge < -0.3 is 10.1 Å². The van der Waals surface area contributed by atoms with Crippen molar-refractivity contribution in [1.29, 1.82) is 0 Å². The summed E-state index contributed by atoms with van der Waals surface area (Å²) in [6, 6.07) is 10.1. The van der Waals surface area contributed by atoms with Crippen LogP contribution in [0.15, 0.2) is 36.4 Å². The van der Waals surface area contributed by atoms with Gasteiger partial charge in [0.25, 0.3) is 0 Å². The van der Waals surface area contributed by atoms with Gasteiger partial charge in [-0.1, -0.05) is 45.0 Å². The molecule has 2 aromatic rings. The van der Waals surface area contributed by atoms with Crippen LogP contribution in [-0.4, -0.2) is 19.7 Å². The molecule has 2 rings (SSSR count). The minimum atomic E-state index is -0.565. The number of rotatable bonds is 8. The first kappa shape index (κ1) is 24.5. The number of aryl methyl sites for hydroxylation is 2. The van der Waals surface area contributed by atoms with Gasteiger partial charge in [0.2, 0.25) is 0 Å². The molecule has 0 bridgehead atoms. The number of hydrogen-bond donors (Lipinski definition) is 1. The van der Waals surface area contributed by atoms with Crippen LogP contribution in [0.2, 0.25) is 0 Å². The summed E-state index contributed by atoms with van der Waals surface area (Å²) >= 11 is 0. The Morgan fingerprint density at radius 3 is 2.04 bits per heavy atom. The topological polar surface area (TPSA) is 21.3 Å². The quantitative estimate of drug-likeness (QED) is 0.580. The van der Waals surface area contributed by atoms with E-state index in [2.05, 4.69) is 52.1 Å². The van der Waals surface area contributed by atoms with E-state index < -0.39 is 11.6 Å². The monoisotopic (exact) mass is 411 g/mol. The van der Waals surface area contributed by atoms with Crippen LogP contribution in [-0.2, 0) is 11.3 Å². The SMILES string of the molecule is Cc1cccc(C)c1C(CNCC(C)(C)C)COCc1c(F)cccc1F.Cl. The average Bonchev–Trinajstić information content (AvgIpc) is 2.55. The number of nitrogens with one attached hydrogen (secondary N) is 1. The minimum Gasteiger partial charge on any atom is -0.376 e. The zero-order valence-corrected chi connectivity index (χ0v) is 18.3. The Labute approximate surface area is 174 Å². The van der Waals surface area contributed by atoms with Gasteiger partial charge in [0.05, 0.1) is 13.2 Å². The lowest BCUT2D eigenvalue weighted by molar-refractivity contribution is 0.101. The maximum Gasteiger partial charge on any atom is 0.131 e. The molecule has 1 atom stereocenters. The van der Waals surface area contributed by atoms with Crippen LogP contribution in [0, 0.1) is 30.9 Å². The van der Waals surface area contributed by atoms with Crippen LogP contribution in [0.1, 0.15) is 48.9 Å². The van der Waals surface area contributed by atoms with Gasteiger partial charge in [0, 0.05) is 24.6 Å². The molecule has 0 saturated heterocycles. The average molecular weight is 412 g/mol. The van der Waals surface area contributed by atoms with Crippen LogP contribution < -0.4 is 5.32 Å². The highest BCUT2D eigenvalue weighted by atomic mass is 35.5. The van der Waals surface area contributed by atoms with Gasteiger partial charge in [-0.05, 0) is 48.1 Å². The minimum absolute atomic E-state index is 0. The van der Waals surface area contributed by atoms with Crippen molar-refractivity contribution in [2.45, 2.75) is 47.1 Å². The highest BCUT2D eigenvalue weighted by Crippen LogP contribution is 2.25. The second-order valence-corrected chi connectivity index (χ2v) is 8.41. The molecule has 0 amide bonds. The molecule has 0 aliphatic carbocycles. The van der Waals surface area contributed by atoms with Crippen molar-refractivity contribution in [2.75, 3.05) is 19.7 Å². The Bertz CT molecular complexity index is 718. The maximum atomic E-state index is 13.8. The number of ether oxygens (including phenoxy) is 1. The summed E-state index contributed by atoms with van der Waals surface area (Å²) < 4.78 is 33.4. The Morgan fingerprint density at radius 1 is 0.964 bits per heavy atom. The van der Waals surface area contributed by atoms with Gasteiger partial charge in [0.15, 0.2) is 0 Å². The number of hydrogen-bond acceptors (Lipinski definition) is 2. The summed E-state index contributed by atoms with van der Waals surface area (Å²) in [7, 11) is 0. The van der Waals surface area contributed by atoms with Crippen molar-refractivity contribution in [1.82, 2.24) is 5.32 Å². The van der Waals surface area contributed by atoms with Crippen LogP contribution in [0.3, 0.4) is 0 Å². The molecule has 2 aromatic carbocycles. The van der Waals surface area contributed by atoms with Gasteiger partial charge in [-0.15, -0.1) is 12.4 Å². The molecule has 0 saturated carbocycles. The largest absolute Gasteiger partial charge is 0.376 e. The van der Waals surface area contributed by atoms with E-state index in [1.807, 2.05) is 6.07 Å². The molecule has 0 aliphatic rings. The van der Waals surface area contributed by atoms with Crippen LogP contribution in [0.4, 0.5) is 8.78 Å². The zero-order valence-electron chi connectivity index (χ0n) is 17.4. The molecule has 0 heterocycles. The number of halogens is 3. The van der Waals surface area contributed by atoms with Gasteiger partial charge in [-0.25, -0.2) is 8.78 Å². The van der Waals surface area contributed by atoms with E-state index in [4.69, 9.17) is 4.74 Å². The molecule has 0 fully saturated rings. The molecule has 0 aromatic heterocycles. The Morgan fingerprint density at radius 2 is 1.50 bits per heavy atom. The highest BCUT2D eigenvalue weighted by Gasteiger charge is 2.19. The van der Waals surface area contributed by atoms with Crippen molar-refractivity contribution in [2.24, 2.45) is 5.41 Å². The lowest BCUT2D eigenvalue weighted by atomic mass is 9.90. The summed E-state index contributed by atoms with van der Waals surface area (Å²) in [5, 5.41) is 3.52. The summed E-state index contributed by atoms with van der Waals surface area (Å²) in [5.74, 6) is -1.02. The third kappa shape index (κ3) is 7.16. The predicted octanol–water partition coefficient (Wildman–Crippen LogP) is 5.94. The Balaban J connectivity index is 0.00000392. The lowest BCUT2D eigenvalue weighted by Gasteiger charge is -2.25. The Kier molecular flexibility index (Phi) is 9.55. The molecule has 5 heteroatoms. The zero-order chi connectivity index (χ0) is 20.0. The van der Waals surface area contributed by atoms with E-state index >= 15 is 0 Å². The predicted molar refractivity (Wildman–Crippen MR) is 114 cm³/mol. The van der Waals surface area contributed by atoms with Crippen LogP contribution in [0.25, 0.3) is 0 Å². The van der Waals surface area contributed by atoms with Crippen LogP contribution in [0.5, 0.6) is 0 Å². The molecule has 28 heavy (non-hydrogen) atoms. The van der Waals surface area contributed by atoms with Crippen molar-refractivity contribution in [3.05, 3.63) is 70.3 Å². The van der Waals surface area contributed by atoms with E-state index in [9.17, 15) is 8.78 Å². The molecular weight excluding hydrogens is 380 g/mol. The fourth-order valence-electron chi connectivity index (χ4n) is 3.31. The molecule has 156 valence electrons. The van der Waals surface area contributed by atoms with Crippen molar-refractivity contribution in [3.8, 4) is 0 Å². The second-order valence-electron chi connectivity index (χ2n) is 8.41. The Hall–Kier alpha value is -1.49. The summed E-state index contributed by atoms with van der Waals surface area (Å²) in [5.41, 5.74) is 3.83. The molecule has 0 aliphatic heterocycles. The molecule has 0 radical (unpaired) electrons. The summed E-state index contributed by atoms with van der Waals surface area (Å²) in [6.45, 7) is 12.7. The van der Waals surface area contributed by atoms with Crippen LogP contribution >= 0.6 is 12.4 Å². The maximum absolute atomic E-state index is 13.8. The first-order chi connectivity index (χ1) is 12.7. The fourth-order valence-corrected chi connectivity index (χ4v) is 3.31. The standard InChI is InChI=1S/C23H31F2NO.ClH/c1-16-8-6-9-17(2)22(16)18(12-26-15-23(3,4)5)13-27-14-19-20(24)10-7-11-21(19)25;/h6-11,18,26H,12-15H2,1-5H3;1H. The van der Waals surface area contributed by atoms with E-state index in [0.29, 0.717) is 6.61 Å². The van der Waals surface area contributed by atoms with E-state index in [-0.39, 0.29) is 35.9 Å². The highest BCUT2D eigenvalue weighted by molar-refractivity contribution is 5.85. The fraction of sp³-hybridized carbons (Fsp3) is 0.478. The summed E-state index contributed by atoms with van der Waals surface area (Å²) in [6.07, 6.45) is 0. The first-order valence-electron chi connectivity index (χ1n) is 9.46. The molecule has 1 unspecified atom stereocenters. The van der Waals surface area contributed by atoms with Crippen molar-refractivity contribution < 1.29 is 13.5 Å². The van der Waals surface area contributed by atoms with E-state index in [1.165, 1.54) is 34.9 Å². The third-order valence-electron chi connectivity index (χ3n) is 4.62. The first-order valence-corrected chi connectivity index (χ1v) is 9.46. The second kappa shape index (κ2) is 10.9. The van der Waals surface area contributed by atoms with Gasteiger partial charge in [-0.2, -0.15) is 0 Å². The van der Waals surface area contributed by atoms with Crippen molar-refractivity contribution in [3.63, 3.8) is 0 Å². The third-order valence-corrected chi connectivity index (χ3v) is 4.62. The van der Waals surface area contributed by atoms with Gasteiger partial charge >= 0.3 is 0 Å². The van der Waals surface area contributed by atoms with Gasteiger partial charge in [-0.3, -0.25) is 0 Å². The lowest BCUT2D eigenvalue weighted by Crippen LogP contribution is -2.32. The molecule has 2 nitrogen and oxygen atoms in total. The smallest absolute Gasteiger partial charge is 0.131 e. The number of benzene rings is 2.